The largest absolute Gasteiger partial charge is 0.142 e. The predicted molar refractivity (Wildman–Crippen MR) is 64.9 cm³/mol. The zero-order valence-corrected chi connectivity index (χ0v) is 9.80. The molecule has 0 saturated carbocycles. The maximum Gasteiger partial charge on any atom is 0.0711 e. The smallest absolute Gasteiger partial charge is 0.0711 e. The number of halogens is 1. The van der Waals surface area contributed by atoms with E-state index in [4.69, 9.17) is 0 Å². The summed E-state index contributed by atoms with van der Waals surface area (Å²) >= 11 is 7.15. The molecule has 0 amide bonds. The van der Waals surface area contributed by atoms with Gasteiger partial charge in [-0.2, -0.15) is 0 Å². The summed E-state index contributed by atoms with van der Waals surface area (Å²) in [5, 5.41) is 4.84. The van der Waals surface area contributed by atoms with Crippen LogP contribution < -0.4 is 0 Å². The van der Waals surface area contributed by atoms with Crippen LogP contribution in [0.5, 0.6) is 0 Å². The third kappa shape index (κ3) is 1.15. The Balaban J connectivity index is 2.64. The molecule has 0 bridgehead atoms. The fourth-order valence-electron chi connectivity index (χ4n) is 1.49. The van der Waals surface area contributed by atoms with E-state index in [-0.39, 0.29) is 0 Å². The van der Waals surface area contributed by atoms with Gasteiger partial charge in [-0.1, -0.05) is 12.1 Å². The van der Waals surface area contributed by atoms with Crippen LogP contribution >= 0.6 is 38.6 Å². The van der Waals surface area contributed by atoms with Crippen molar-refractivity contribution in [2.24, 2.45) is 0 Å². The van der Waals surface area contributed by atoms with E-state index in [1.54, 1.807) is 0 Å². The molecule has 3 heteroatoms. The lowest BCUT2D eigenvalue weighted by Gasteiger charge is -1.90. The van der Waals surface area contributed by atoms with Crippen LogP contribution in [-0.4, -0.2) is 0 Å². The normalized spacial score (nSPS) is 11.5. The van der Waals surface area contributed by atoms with Gasteiger partial charge in [-0.05, 0) is 44.2 Å². The van der Waals surface area contributed by atoms with Gasteiger partial charge in [0.2, 0.25) is 0 Å². The standard InChI is InChI=1S/C10H5BrS2/c11-8-5-7-2-1-6-3-4-12-9(6)10(7)13-8/h1-5H. The second-order valence-electron chi connectivity index (χ2n) is 2.87. The summed E-state index contributed by atoms with van der Waals surface area (Å²) in [6.45, 7) is 0. The van der Waals surface area contributed by atoms with E-state index in [0.29, 0.717) is 0 Å². The molecular formula is C10H5BrS2. The minimum Gasteiger partial charge on any atom is -0.142 e. The van der Waals surface area contributed by atoms with Crippen molar-refractivity contribution < 1.29 is 0 Å². The highest BCUT2D eigenvalue weighted by atomic mass is 79.9. The number of hydrogen-bond acceptors (Lipinski definition) is 2. The first-order chi connectivity index (χ1) is 6.34. The Morgan fingerprint density at radius 3 is 2.77 bits per heavy atom. The molecule has 0 atom stereocenters. The Hall–Kier alpha value is -0.380. The fourth-order valence-corrected chi connectivity index (χ4v) is 4.18. The van der Waals surface area contributed by atoms with Gasteiger partial charge in [0.1, 0.15) is 0 Å². The van der Waals surface area contributed by atoms with Crippen LogP contribution in [0.2, 0.25) is 0 Å². The Bertz CT molecular complexity index is 577. The maximum absolute atomic E-state index is 3.52. The second kappa shape index (κ2) is 2.80. The lowest BCUT2D eigenvalue weighted by Crippen LogP contribution is -1.62. The van der Waals surface area contributed by atoms with Crippen LogP contribution in [0.1, 0.15) is 0 Å². The van der Waals surface area contributed by atoms with Crippen molar-refractivity contribution in [3.05, 3.63) is 33.4 Å². The van der Waals surface area contributed by atoms with Crippen LogP contribution in [0.15, 0.2) is 33.4 Å². The molecule has 64 valence electrons. The summed E-state index contributed by atoms with van der Waals surface area (Å²) in [5.74, 6) is 0. The number of hydrogen-bond donors (Lipinski definition) is 0. The SMILES string of the molecule is Brc1cc2ccc3ccsc3c2s1. The average Bonchev–Trinajstić information content (AvgIpc) is 2.65. The van der Waals surface area contributed by atoms with Crippen molar-refractivity contribution in [3.8, 4) is 0 Å². The van der Waals surface area contributed by atoms with Crippen LogP contribution in [0, 0.1) is 0 Å². The van der Waals surface area contributed by atoms with Crippen LogP contribution in [0.25, 0.3) is 20.2 Å². The Morgan fingerprint density at radius 2 is 1.85 bits per heavy atom. The molecule has 0 radical (unpaired) electrons. The van der Waals surface area contributed by atoms with E-state index < -0.39 is 0 Å². The van der Waals surface area contributed by atoms with Gasteiger partial charge in [-0.3, -0.25) is 0 Å². The summed E-state index contributed by atoms with van der Waals surface area (Å²) in [6.07, 6.45) is 0. The van der Waals surface area contributed by atoms with Gasteiger partial charge in [0.25, 0.3) is 0 Å². The highest BCUT2D eigenvalue weighted by Gasteiger charge is 2.04. The minimum atomic E-state index is 1.21. The molecule has 0 saturated heterocycles. The van der Waals surface area contributed by atoms with Crippen molar-refractivity contribution in [2.75, 3.05) is 0 Å². The summed E-state index contributed by atoms with van der Waals surface area (Å²) in [5.41, 5.74) is 0. The predicted octanol–water partition coefficient (Wildman–Crippen LogP) is 4.88. The van der Waals surface area contributed by atoms with Gasteiger partial charge < -0.3 is 0 Å². The van der Waals surface area contributed by atoms with Crippen molar-refractivity contribution in [3.63, 3.8) is 0 Å². The molecular weight excluding hydrogens is 264 g/mol. The summed E-state index contributed by atoms with van der Waals surface area (Å²) in [6, 6.07) is 8.73. The highest BCUT2D eigenvalue weighted by molar-refractivity contribution is 9.11. The minimum absolute atomic E-state index is 1.21. The molecule has 13 heavy (non-hydrogen) atoms. The molecule has 0 aliphatic rings. The van der Waals surface area contributed by atoms with Crippen molar-refractivity contribution in [1.29, 1.82) is 0 Å². The monoisotopic (exact) mass is 268 g/mol. The molecule has 2 heterocycles. The van der Waals surface area contributed by atoms with Crippen molar-refractivity contribution >= 4 is 58.8 Å². The number of benzene rings is 1. The molecule has 0 fully saturated rings. The number of rotatable bonds is 0. The molecule has 0 spiro atoms. The highest BCUT2D eigenvalue weighted by Crippen LogP contribution is 2.37. The molecule has 1 aromatic carbocycles. The Labute approximate surface area is 91.9 Å². The van der Waals surface area contributed by atoms with E-state index in [9.17, 15) is 0 Å². The quantitative estimate of drug-likeness (QED) is 0.545. The third-order valence-corrected chi connectivity index (χ3v) is 4.82. The van der Waals surface area contributed by atoms with E-state index in [1.807, 2.05) is 22.7 Å². The second-order valence-corrected chi connectivity index (χ2v) is 6.22. The molecule has 3 rings (SSSR count). The summed E-state index contributed by atoms with van der Waals surface area (Å²) < 4.78 is 4.02. The lowest BCUT2D eigenvalue weighted by molar-refractivity contribution is 1.96. The van der Waals surface area contributed by atoms with Crippen LogP contribution in [0.4, 0.5) is 0 Å². The van der Waals surface area contributed by atoms with Crippen molar-refractivity contribution in [1.82, 2.24) is 0 Å². The molecule has 2 aromatic heterocycles. The first-order valence-corrected chi connectivity index (χ1v) is 6.39. The summed E-state index contributed by atoms with van der Waals surface area (Å²) in [7, 11) is 0. The van der Waals surface area contributed by atoms with Gasteiger partial charge >= 0.3 is 0 Å². The van der Waals surface area contributed by atoms with Gasteiger partial charge in [-0.25, -0.2) is 0 Å². The van der Waals surface area contributed by atoms with Gasteiger partial charge in [0.15, 0.2) is 0 Å². The molecule has 0 aliphatic heterocycles. The van der Waals surface area contributed by atoms with Crippen LogP contribution in [-0.2, 0) is 0 Å². The maximum atomic E-state index is 3.52. The molecule has 0 N–H and O–H groups in total. The van der Waals surface area contributed by atoms with E-state index in [0.717, 1.165) is 0 Å². The van der Waals surface area contributed by atoms with Crippen molar-refractivity contribution in [2.45, 2.75) is 0 Å². The zero-order chi connectivity index (χ0) is 8.84. The molecule has 0 unspecified atom stereocenters. The topological polar surface area (TPSA) is 0 Å². The van der Waals surface area contributed by atoms with E-state index in [1.165, 1.54) is 24.0 Å². The Kier molecular flexibility index (Phi) is 1.72. The lowest BCUT2D eigenvalue weighted by atomic mass is 10.2. The molecule has 3 aromatic rings. The fraction of sp³-hybridized carbons (Fsp3) is 0. The van der Waals surface area contributed by atoms with Gasteiger partial charge in [0.05, 0.1) is 13.2 Å². The average molecular weight is 269 g/mol. The Morgan fingerprint density at radius 1 is 1.00 bits per heavy atom. The summed E-state index contributed by atoms with van der Waals surface area (Å²) in [4.78, 5) is 0. The molecule has 0 nitrogen and oxygen atoms in total. The van der Waals surface area contributed by atoms with E-state index in [2.05, 4.69) is 45.6 Å². The van der Waals surface area contributed by atoms with Gasteiger partial charge in [0, 0.05) is 0 Å². The van der Waals surface area contributed by atoms with Crippen LogP contribution in [0.3, 0.4) is 0 Å². The zero-order valence-electron chi connectivity index (χ0n) is 6.58. The first-order valence-electron chi connectivity index (χ1n) is 3.90. The first kappa shape index (κ1) is 7.97. The number of thiophene rings is 2. The number of fused-ring (bicyclic) bond motifs is 3. The van der Waals surface area contributed by atoms with Gasteiger partial charge in [-0.15, -0.1) is 22.7 Å². The van der Waals surface area contributed by atoms with E-state index >= 15 is 0 Å². The third-order valence-electron chi connectivity index (χ3n) is 2.08. The molecule has 0 aliphatic carbocycles.